The summed E-state index contributed by atoms with van der Waals surface area (Å²) in [4.78, 5) is 2.19. The van der Waals surface area contributed by atoms with E-state index in [0.29, 0.717) is 0 Å². The molecule has 0 aliphatic rings. The highest BCUT2D eigenvalue weighted by Crippen LogP contribution is 1.93. The molecule has 1 atom stereocenters. The number of aliphatic hydroxyl groups is 1. The van der Waals surface area contributed by atoms with Crippen LogP contribution in [0.4, 0.5) is 0 Å². The van der Waals surface area contributed by atoms with Crippen molar-refractivity contribution in [2.75, 3.05) is 33.4 Å². The molecule has 0 rings (SSSR count). The normalized spacial score (nSPS) is 13.5. The topological polar surface area (TPSA) is 32.7 Å². The van der Waals surface area contributed by atoms with Crippen LogP contribution in [0.1, 0.15) is 33.1 Å². The number of likely N-dealkylation sites (N-methyl/N-ethyl adjacent to an activating group) is 1. The largest absolute Gasteiger partial charge is 0.393 e. The maximum Gasteiger partial charge on any atom is 0.0593 e. The summed E-state index contributed by atoms with van der Waals surface area (Å²) >= 11 is 0. The molecule has 3 heteroatoms. The Morgan fingerprint density at radius 2 is 2.00 bits per heavy atom. The highest BCUT2D eigenvalue weighted by molar-refractivity contribution is 4.54. The fourth-order valence-electron chi connectivity index (χ4n) is 1.09. The molecular weight excluding hydrogens is 178 g/mol. The zero-order valence-electron chi connectivity index (χ0n) is 9.83. The first-order chi connectivity index (χ1) is 6.66. The average molecular weight is 203 g/mol. The number of aliphatic hydroxyl groups excluding tert-OH is 1. The lowest BCUT2D eigenvalue weighted by Crippen LogP contribution is -2.26. The van der Waals surface area contributed by atoms with Crippen LogP contribution >= 0.6 is 0 Å². The molecule has 0 radical (unpaired) electrons. The maximum atomic E-state index is 9.08. The Morgan fingerprint density at radius 3 is 2.57 bits per heavy atom. The summed E-state index contributed by atoms with van der Waals surface area (Å²) in [7, 11) is 2.06. The monoisotopic (exact) mass is 203 g/mol. The van der Waals surface area contributed by atoms with Gasteiger partial charge in [-0.25, -0.2) is 0 Å². The van der Waals surface area contributed by atoms with Crippen LogP contribution < -0.4 is 0 Å². The van der Waals surface area contributed by atoms with E-state index in [9.17, 15) is 0 Å². The molecule has 14 heavy (non-hydrogen) atoms. The Kier molecular flexibility index (Phi) is 9.35. The lowest BCUT2D eigenvalue weighted by Gasteiger charge is -2.17. The van der Waals surface area contributed by atoms with Crippen LogP contribution in [0.5, 0.6) is 0 Å². The number of hydrogen-bond donors (Lipinski definition) is 1. The van der Waals surface area contributed by atoms with Crippen molar-refractivity contribution in [2.45, 2.75) is 39.2 Å². The van der Waals surface area contributed by atoms with Gasteiger partial charge in [-0.05, 0) is 26.8 Å². The summed E-state index contributed by atoms with van der Waals surface area (Å²) in [5.74, 6) is 0. The lowest BCUT2D eigenvalue weighted by molar-refractivity contribution is 0.102. The molecule has 0 saturated heterocycles. The fraction of sp³-hybridized carbons (Fsp3) is 1.00. The zero-order chi connectivity index (χ0) is 10.8. The zero-order valence-corrected chi connectivity index (χ0v) is 9.83. The summed E-state index contributed by atoms with van der Waals surface area (Å²) in [6.07, 6.45) is 2.99. The van der Waals surface area contributed by atoms with E-state index in [-0.39, 0.29) is 6.10 Å². The molecule has 0 aromatic rings. The third-order valence-electron chi connectivity index (χ3n) is 2.19. The predicted octanol–water partition coefficient (Wildman–Crippen LogP) is 1.51. The molecule has 1 N–H and O–H groups in total. The van der Waals surface area contributed by atoms with Crippen LogP contribution in [0.2, 0.25) is 0 Å². The van der Waals surface area contributed by atoms with Crippen molar-refractivity contribution in [1.29, 1.82) is 0 Å². The fourth-order valence-corrected chi connectivity index (χ4v) is 1.09. The molecule has 3 nitrogen and oxygen atoms in total. The van der Waals surface area contributed by atoms with Crippen molar-refractivity contribution in [3.05, 3.63) is 0 Å². The molecule has 0 aromatic carbocycles. The van der Waals surface area contributed by atoms with Gasteiger partial charge in [0.15, 0.2) is 0 Å². The first-order valence-corrected chi connectivity index (χ1v) is 5.61. The minimum atomic E-state index is -0.196. The van der Waals surface area contributed by atoms with Gasteiger partial charge < -0.3 is 14.7 Å². The lowest BCUT2D eigenvalue weighted by atomic mass is 10.3. The minimum absolute atomic E-state index is 0.196. The average Bonchev–Trinajstić information content (AvgIpc) is 2.14. The highest BCUT2D eigenvalue weighted by atomic mass is 16.5. The van der Waals surface area contributed by atoms with E-state index in [4.69, 9.17) is 9.84 Å². The number of nitrogens with zero attached hydrogens (tertiary/aromatic N) is 1. The van der Waals surface area contributed by atoms with E-state index < -0.39 is 0 Å². The quantitative estimate of drug-likeness (QED) is 0.577. The van der Waals surface area contributed by atoms with E-state index in [0.717, 1.165) is 39.1 Å². The van der Waals surface area contributed by atoms with Gasteiger partial charge in [-0.1, -0.05) is 13.3 Å². The van der Waals surface area contributed by atoms with Gasteiger partial charge in [0.2, 0.25) is 0 Å². The van der Waals surface area contributed by atoms with Gasteiger partial charge in [0.1, 0.15) is 0 Å². The van der Waals surface area contributed by atoms with E-state index in [1.165, 1.54) is 6.42 Å². The van der Waals surface area contributed by atoms with Crippen molar-refractivity contribution in [2.24, 2.45) is 0 Å². The summed E-state index contributed by atoms with van der Waals surface area (Å²) in [6.45, 7) is 7.56. The van der Waals surface area contributed by atoms with Crippen molar-refractivity contribution >= 4 is 0 Å². The number of rotatable bonds is 9. The Bertz CT molecular complexity index is 118. The third kappa shape index (κ3) is 9.96. The van der Waals surface area contributed by atoms with Crippen molar-refractivity contribution in [1.82, 2.24) is 4.90 Å². The SMILES string of the molecule is CCCCOCCN(C)CCC(C)O. The van der Waals surface area contributed by atoms with Gasteiger partial charge in [0, 0.05) is 19.7 Å². The highest BCUT2D eigenvalue weighted by Gasteiger charge is 2.00. The summed E-state index contributed by atoms with van der Waals surface area (Å²) in [6, 6.07) is 0. The number of hydrogen-bond acceptors (Lipinski definition) is 3. The Balaban J connectivity index is 3.14. The standard InChI is InChI=1S/C11H25NO2/c1-4-5-9-14-10-8-12(3)7-6-11(2)13/h11,13H,4-10H2,1-3H3. The second-order valence-electron chi connectivity index (χ2n) is 3.91. The molecule has 0 bridgehead atoms. The molecule has 0 fully saturated rings. The second kappa shape index (κ2) is 9.44. The first kappa shape index (κ1) is 13.9. The van der Waals surface area contributed by atoms with Gasteiger partial charge in [0.05, 0.1) is 12.7 Å². The molecular formula is C11H25NO2. The summed E-state index contributed by atoms with van der Waals surface area (Å²) < 4.78 is 5.45. The molecule has 0 amide bonds. The van der Waals surface area contributed by atoms with Crippen LogP contribution in [0, 0.1) is 0 Å². The van der Waals surface area contributed by atoms with Crippen LogP contribution in [0.25, 0.3) is 0 Å². The van der Waals surface area contributed by atoms with E-state index in [1.54, 1.807) is 0 Å². The maximum absolute atomic E-state index is 9.08. The van der Waals surface area contributed by atoms with Gasteiger partial charge in [-0.3, -0.25) is 0 Å². The Labute approximate surface area is 88.1 Å². The van der Waals surface area contributed by atoms with Gasteiger partial charge in [-0.15, -0.1) is 0 Å². The molecule has 0 aromatic heterocycles. The first-order valence-electron chi connectivity index (χ1n) is 5.61. The van der Waals surface area contributed by atoms with Crippen molar-refractivity contribution in [3.8, 4) is 0 Å². The second-order valence-corrected chi connectivity index (χ2v) is 3.91. The Morgan fingerprint density at radius 1 is 1.29 bits per heavy atom. The summed E-state index contributed by atoms with van der Waals surface area (Å²) in [5.41, 5.74) is 0. The summed E-state index contributed by atoms with van der Waals surface area (Å²) in [5, 5.41) is 9.08. The van der Waals surface area contributed by atoms with E-state index >= 15 is 0 Å². The van der Waals surface area contributed by atoms with Crippen LogP contribution in [0.15, 0.2) is 0 Å². The number of ether oxygens (including phenoxy) is 1. The van der Waals surface area contributed by atoms with Crippen LogP contribution in [0.3, 0.4) is 0 Å². The molecule has 0 spiro atoms. The Hall–Kier alpha value is -0.120. The molecule has 0 aliphatic carbocycles. The predicted molar refractivity (Wildman–Crippen MR) is 59.5 cm³/mol. The van der Waals surface area contributed by atoms with E-state index in [1.807, 2.05) is 6.92 Å². The number of unbranched alkanes of at least 4 members (excludes halogenated alkanes) is 1. The van der Waals surface area contributed by atoms with Gasteiger partial charge >= 0.3 is 0 Å². The van der Waals surface area contributed by atoms with E-state index in [2.05, 4.69) is 18.9 Å². The van der Waals surface area contributed by atoms with Crippen LogP contribution in [-0.2, 0) is 4.74 Å². The van der Waals surface area contributed by atoms with Crippen LogP contribution in [-0.4, -0.2) is 49.5 Å². The van der Waals surface area contributed by atoms with Gasteiger partial charge in [0.25, 0.3) is 0 Å². The van der Waals surface area contributed by atoms with Crippen molar-refractivity contribution < 1.29 is 9.84 Å². The van der Waals surface area contributed by atoms with Crippen molar-refractivity contribution in [3.63, 3.8) is 0 Å². The molecule has 1 unspecified atom stereocenters. The molecule has 86 valence electrons. The third-order valence-corrected chi connectivity index (χ3v) is 2.19. The minimum Gasteiger partial charge on any atom is -0.393 e. The smallest absolute Gasteiger partial charge is 0.0593 e. The molecule has 0 heterocycles. The van der Waals surface area contributed by atoms with Gasteiger partial charge in [-0.2, -0.15) is 0 Å². The molecule has 0 saturated carbocycles. The molecule has 0 aliphatic heterocycles.